The van der Waals surface area contributed by atoms with Gasteiger partial charge in [0.15, 0.2) is 6.29 Å². The molecule has 0 saturated carbocycles. The van der Waals surface area contributed by atoms with Crippen LogP contribution in [0.2, 0.25) is 0 Å². The molecular weight excluding hydrogens is 254 g/mol. The number of carbonyl (C=O) groups is 1. The highest BCUT2D eigenvalue weighted by Gasteiger charge is 2.07. The number of ether oxygens (including phenoxy) is 1. The van der Waals surface area contributed by atoms with Crippen LogP contribution in [-0.2, 0) is 24.3 Å². The predicted molar refractivity (Wildman–Crippen MR) is 77.0 cm³/mol. The molecule has 1 N–H and O–H groups in total. The van der Waals surface area contributed by atoms with E-state index in [1.807, 2.05) is 35.8 Å². The first-order chi connectivity index (χ1) is 9.74. The van der Waals surface area contributed by atoms with Crippen LogP contribution in [-0.4, -0.2) is 22.6 Å². The number of hydrogen-bond donors (Lipinski definition) is 1. The van der Waals surface area contributed by atoms with Gasteiger partial charge in [0.05, 0.1) is 12.3 Å². The van der Waals surface area contributed by atoms with Gasteiger partial charge in [0.2, 0.25) is 0 Å². The van der Waals surface area contributed by atoms with Crippen molar-refractivity contribution in [1.29, 1.82) is 0 Å². The third-order valence-corrected chi connectivity index (χ3v) is 3.24. The van der Waals surface area contributed by atoms with Crippen molar-refractivity contribution in [2.45, 2.75) is 26.5 Å². The maximum atomic E-state index is 11.1. The minimum absolute atomic E-state index is 0.264. The summed E-state index contributed by atoms with van der Waals surface area (Å²) in [5.41, 5.74) is 2.79. The summed E-state index contributed by atoms with van der Waals surface area (Å²) in [6, 6.07) is 10.9. The van der Waals surface area contributed by atoms with Gasteiger partial charge in [-0.15, -0.1) is 0 Å². The predicted octanol–water partition coefficient (Wildman–Crippen LogP) is 2.79. The second-order valence-corrected chi connectivity index (χ2v) is 4.57. The zero-order valence-electron chi connectivity index (χ0n) is 11.6. The quantitative estimate of drug-likeness (QED) is 0.789. The van der Waals surface area contributed by atoms with E-state index in [1.165, 1.54) is 0 Å². The molecule has 0 fully saturated rings. The molecule has 0 aliphatic rings. The number of nitrogens with zero attached hydrogens (tertiary/aromatic N) is 1. The number of hydrogen-bond acceptors (Lipinski definition) is 3. The summed E-state index contributed by atoms with van der Waals surface area (Å²) in [4.78, 5) is 11.1. The highest BCUT2D eigenvalue weighted by Crippen LogP contribution is 2.14. The maximum Gasteiger partial charge on any atom is 0.166 e. The third-order valence-electron chi connectivity index (χ3n) is 3.24. The number of aromatic hydroxyl groups is 1. The number of phenolic OH excluding ortho intramolecular Hbond substituents is 1. The van der Waals surface area contributed by atoms with Crippen LogP contribution in [0.1, 0.15) is 28.7 Å². The Morgan fingerprint density at radius 1 is 1.20 bits per heavy atom. The van der Waals surface area contributed by atoms with E-state index in [4.69, 9.17) is 4.74 Å². The van der Waals surface area contributed by atoms with Gasteiger partial charge < -0.3 is 14.4 Å². The van der Waals surface area contributed by atoms with Crippen LogP contribution in [0.15, 0.2) is 36.4 Å². The van der Waals surface area contributed by atoms with Gasteiger partial charge in [-0.2, -0.15) is 0 Å². The number of carbonyl (C=O) groups excluding carboxylic acids is 1. The normalized spacial score (nSPS) is 10.7. The Bertz CT molecular complexity index is 558. The van der Waals surface area contributed by atoms with Crippen molar-refractivity contribution >= 4 is 6.29 Å². The number of aldehydes is 1. The SMILES string of the molecule is CCOCc1ccc(C=O)n1CCc1ccc(O)cc1. The Hall–Kier alpha value is -2.07. The number of aryl methyl sites for hydroxylation is 1. The van der Waals surface area contributed by atoms with Gasteiger partial charge >= 0.3 is 0 Å². The van der Waals surface area contributed by atoms with Crippen LogP contribution >= 0.6 is 0 Å². The molecule has 1 aromatic carbocycles. The highest BCUT2D eigenvalue weighted by atomic mass is 16.5. The van der Waals surface area contributed by atoms with Crippen molar-refractivity contribution in [2.75, 3.05) is 6.61 Å². The molecule has 1 heterocycles. The third kappa shape index (κ3) is 3.48. The monoisotopic (exact) mass is 273 g/mol. The van der Waals surface area contributed by atoms with E-state index >= 15 is 0 Å². The summed E-state index contributed by atoms with van der Waals surface area (Å²) in [5.74, 6) is 0.264. The van der Waals surface area contributed by atoms with E-state index in [0.717, 1.165) is 24.0 Å². The molecule has 0 unspecified atom stereocenters. The molecule has 106 valence electrons. The topological polar surface area (TPSA) is 51.5 Å². The second kappa shape index (κ2) is 6.91. The lowest BCUT2D eigenvalue weighted by molar-refractivity contribution is 0.111. The molecule has 2 aromatic rings. The lowest BCUT2D eigenvalue weighted by Gasteiger charge is -2.11. The summed E-state index contributed by atoms with van der Waals surface area (Å²) >= 11 is 0. The fraction of sp³-hybridized carbons (Fsp3) is 0.312. The average molecular weight is 273 g/mol. The van der Waals surface area contributed by atoms with Crippen LogP contribution in [0.3, 0.4) is 0 Å². The van der Waals surface area contributed by atoms with E-state index in [2.05, 4.69) is 0 Å². The fourth-order valence-electron chi connectivity index (χ4n) is 2.14. The lowest BCUT2D eigenvalue weighted by atomic mass is 10.1. The van der Waals surface area contributed by atoms with E-state index in [9.17, 15) is 9.90 Å². The summed E-state index contributed by atoms with van der Waals surface area (Å²) in [7, 11) is 0. The Labute approximate surface area is 118 Å². The Morgan fingerprint density at radius 2 is 1.95 bits per heavy atom. The smallest absolute Gasteiger partial charge is 0.166 e. The van der Waals surface area contributed by atoms with Crippen LogP contribution < -0.4 is 0 Å². The van der Waals surface area contributed by atoms with Crippen molar-refractivity contribution in [1.82, 2.24) is 4.57 Å². The van der Waals surface area contributed by atoms with E-state index in [1.54, 1.807) is 12.1 Å². The summed E-state index contributed by atoms with van der Waals surface area (Å²) in [6.07, 6.45) is 1.67. The number of phenols is 1. The van der Waals surface area contributed by atoms with Crippen molar-refractivity contribution in [3.8, 4) is 5.75 Å². The largest absolute Gasteiger partial charge is 0.508 e. The number of rotatable bonds is 7. The molecule has 0 aliphatic heterocycles. The van der Waals surface area contributed by atoms with Gasteiger partial charge in [0.1, 0.15) is 5.75 Å². The van der Waals surface area contributed by atoms with E-state index in [0.29, 0.717) is 25.5 Å². The zero-order chi connectivity index (χ0) is 14.4. The lowest BCUT2D eigenvalue weighted by Crippen LogP contribution is -2.10. The van der Waals surface area contributed by atoms with Crippen LogP contribution in [0.4, 0.5) is 0 Å². The molecule has 20 heavy (non-hydrogen) atoms. The molecule has 0 spiro atoms. The molecule has 4 heteroatoms. The number of benzene rings is 1. The van der Waals surface area contributed by atoms with Gasteiger partial charge in [-0.05, 0) is 43.2 Å². The van der Waals surface area contributed by atoms with Crippen LogP contribution in [0, 0.1) is 0 Å². The Balaban J connectivity index is 2.08. The Morgan fingerprint density at radius 3 is 2.60 bits per heavy atom. The summed E-state index contributed by atoms with van der Waals surface area (Å²) < 4.78 is 7.40. The van der Waals surface area contributed by atoms with E-state index < -0.39 is 0 Å². The van der Waals surface area contributed by atoms with Gasteiger partial charge in [-0.3, -0.25) is 4.79 Å². The molecule has 0 atom stereocenters. The molecule has 2 rings (SSSR count). The summed E-state index contributed by atoms with van der Waals surface area (Å²) in [5, 5.41) is 9.26. The maximum absolute atomic E-state index is 11.1. The standard InChI is InChI=1S/C16H19NO3/c1-2-20-12-15-6-5-14(11-18)17(15)10-9-13-3-7-16(19)8-4-13/h3-8,11,19H,2,9-10,12H2,1H3. The molecule has 1 aromatic heterocycles. The highest BCUT2D eigenvalue weighted by molar-refractivity contribution is 5.72. The minimum atomic E-state index is 0.264. The Kier molecular flexibility index (Phi) is 4.96. The zero-order valence-corrected chi connectivity index (χ0v) is 11.6. The van der Waals surface area contributed by atoms with Crippen molar-refractivity contribution in [3.63, 3.8) is 0 Å². The second-order valence-electron chi connectivity index (χ2n) is 4.57. The van der Waals surface area contributed by atoms with Crippen LogP contribution in [0.25, 0.3) is 0 Å². The summed E-state index contributed by atoms with van der Waals surface area (Å²) in [6.45, 7) is 3.83. The van der Waals surface area contributed by atoms with Crippen molar-refractivity contribution in [2.24, 2.45) is 0 Å². The molecule has 0 radical (unpaired) electrons. The van der Waals surface area contributed by atoms with Crippen LogP contribution in [0.5, 0.6) is 5.75 Å². The number of aromatic nitrogens is 1. The molecule has 0 aliphatic carbocycles. The molecule has 0 amide bonds. The molecular formula is C16H19NO3. The van der Waals surface area contributed by atoms with Crippen molar-refractivity contribution < 1.29 is 14.6 Å². The molecule has 0 saturated heterocycles. The average Bonchev–Trinajstić information content (AvgIpc) is 2.86. The van der Waals surface area contributed by atoms with E-state index in [-0.39, 0.29) is 5.75 Å². The first kappa shape index (κ1) is 14.3. The minimum Gasteiger partial charge on any atom is -0.508 e. The molecule has 0 bridgehead atoms. The molecule has 4 nitrogen and oxygen atoms in total. The van der Waals surface area contributed by atoms with Gasteiger partial charge in [0.25, 0.3) is 0 Å². The first-order valence-corrected chi connectivity index (χ1v) is 6.74. The van der Waals surface area contributed by atoms with Gasteiger partial charge in [0, 0.05) is 18.8 Å². The fourth-order valence-corrected chi connectivity index (χ4v) is 2.14. The van der Waals surface area contributed by atoms with Gasteiger partial charge in [-0.1, -0.05) is 12.1 Å². The van der Waals surface area contributed by atoms with Gasteiger partial charge in [-0.25, -0.2) is 0 Å². The van der Waals surface area contributed by atoms with Crippen molar-refractivity contribution in [3.05, 3.63) is 53.3 Å². The first-order valence-electron chi connectivity index (χ1n) is 6.74.